The van der Waals surface area contributed by atoms with E-state index in [1.807, 2.05) is 32.0 Å². The Kier molecular flexibility index (Phi) is 6.70. The van der Waals surface area contributed by atoms with Crippen LogP contribution in [-0.2, 0) is 0 Å². The van der Waals surface area contributed by atoms with Crippen LogP contribution in [0.3, 0.4) is 0 Å². The van der Waals surface area contributed by atoms with Gasteiger partial charge in [0, 0.05) is 42.2 Å². The van der Waals surface area contributed by atoms with Crippen LogP contribution in [0.15, 0.2) is 40.3 Å². The van der Waals surface area contributed by atoms with Gasteiger partial charge in [-0.15, -0.1) is 11.3 Å². The van der Waals surface area contributed by atoms with Crippen molar-refractivity contribution in [3.05, 3.63) is 56.3 Å². The van der Waals surface area contributed by atoms with Crippen LogP contribution in [-0.4, -0.2) is 58.0 Å². The van der Waals surface area contributed by atoms with Crippen molar-refractivity contribution < 1.29 is 0 Å². The maximum absolute atomic E-state index is 12.7. The molecule has 1 aliphatic heterocycles. The van der Waals surface area contributed by atoms with Crippen LogP contribution in [0.1, 0.15) is 16.9 Å². The van der Waals surface area contributed by atoms with Crippen LogP contribution in [0.4, 0.5) is 5.82 Å². The Labute approximate surface area is 211 Å². The number of thiophene rings is 1. The van der Waals surface area contributed by atoms with Crippen LogP contribution in [0.5, 0.6) is 0 Å². The summed E-state index contributed by atoms with van der Waals surface area (Å²) in [7, 11) is 0. The van der Waals surface area contributed by atoms with Gasteiger partial charge in [-0.05, 0) is 43.8 Å². The zero-order valence-corrected chi connectivity index (χ0v) is 21.6. The molecule has 7 nitrogen and oxygen atoms in total. The van der Waals surface area contributed by atoms with Gasteiger partial charge in [0.1, 0.15) is 15.8 Å². The lowest BCUT2D eigenvalue weighted by Crippen LogP contribution is -2.47. The minimum absolute atomic E-state index is 0.160. The van der Waals surface area contributed by atoms with Gasteiger partial charge >= 0.3 is 0 Å². The second-order valence-corrected chi connectivity index (χ2v) is 11.2. The number of nitrogens with zero attached hydrogens (tertiary/aromatic N) is 5. The van der Waals surface area contributed by atoms with Crippen molar-refractivity contribution >= 4 is 61.5 Å². The van der Waals surface area contributed by atoms with E-state index in [9.17, 15) is 4.79 Å². The predicted molar refractivity (Wildman–Crippen MR) is 144 cm³/mol. The highest BCUT2D eigenvalue weighted by atomic mass is 35.5. The molecular weight excluding hydrogens is 488 g/mol. The van der Waals surface area contributed by atoms with Crippen molar-refractivity contribution in [2.45, 2.75) is 25.4 Å². The number of piperazine rings is 1. The van der Waals surface area contributed by atoms with Crippen LogP contribution in [0.25, 0.3) is 21.0 Å². The first-order valence-corrected chi connectivity index (χ1v) is 13.5. The highest BCUT2D eigenvalue weighted by Crippen LogP contribution is 2.29. The molecule has 1 saturated heterocycles. The summed E-state index contributed by atoms with van der Waals surface area (Å²) in [5.74, 6) is 7.90. The van der Waals surface area contributed by atoms with Gasteiger partial charge in [-0.25, -0.2) is 14.6 Å². The molecule has 10 heteroatoms. The third kappa shape index (κ3) is 4.49. The van der Waals surface area contributed by atoms with Gasteiger partial charge in [-0.2, -0.15) is 0 Å². The summed E-state index contributed by atoms with van der Waals surface area (Å²) in [6.07, 6.45) is 0.999. The summed E-state index contributed by atoms with van der Waals surface area (Å²) in [5, 5.41) is 4.03. The van der Waals surface area contributed by atoms with E-state index in [2.05, 4.69) is 31.9 Å². The highest BCUT2D eigenvalue weighted by molar-refractivity contribution is 7.99. The lowest BCUT2D eigenvalue weighted by Gasteiger charge is -2.36. The Balaban J connectivity index is 1.16. The number of hydrogen-bond acceptors (Lipinski definition) is 8. The molecule has 0 saturated carbocycles. The smallest absolute Gasteiger partial charge is 0.281 e. The predicted octanol–water partition coefficient (Wildman–Crippen LogP) is 4.29. The summed E-state index contributed by atoms with van der Waals surface area (Å²) < 4.78 is 1.20. The Morgan fingerprint density at radius 2 is 1.91 bits per heavy atom. The summed E-state index contributed by atoms with van der Waals surface area (Å²) in [5.41, 5.74) is 0.820. The normalized spacial score (nSPS) is 15.0. The van der Waals surface area contributed by atoms with Gasteiger partial charge in [-0.3, -0.25) is 9.69 Å². The molecular formula is C24H27ClN6OS2. The molecule has 178 valence electrons. The molecule has 34 heavy (non-hydrogen) atoms. The van der Waals surface area contributed by atoms with E-state index >= 15 is 0 Å². The van der Waals surface area contributed by atoms with Crippen molar-refractivity contribution in [2.75, 3.05) is 49.2 Å². The molecule has 0 spiro atoms. The standard InChI is InChI=1S/C24H27ClN6OS2/c1-15-16(2)34-22-20(15)23(32)31(26)24(28-22)33-13-5-8-29-9-11-30(12-10-29)21-18-7-4-3-6-17(18)14-19(25)27-21/h3-4,6-7,14H,5,8-13,26H2,1-2H3. The quantitative estimate of drug-likeness (QED) is 0.135. The molecule has 0 aliphatic carbocycles. The van der Waals surface area contributed by atoms with E-state index < -0.39 is 0 Å². The molecule has 1 aliphatic rings. The molecule has 2 N–H and O–H groups in total. The van der Waals surface area contributed by atoms with E-state index in [0.717, 1.165) is 76.8 Å². The molecule has 3 aromatic heterocycles. The number of thioether (sulfide) groups is 1. The third-order valence-electron chi connectivity index (χ3n) is 6.41. The molecule has 0 amide bonds. The summed E-state index contributed by atoms with van der Waals surface area (Å²) in [6.45, 7) is 8.76. The van der Waals surface area contributed by atoms with Crippen molar-refractivity contribution in [1.82, 2.24) is 19.5 Å². The van der Waals surface area contributed by atoms with Crippen molar-refractivity contribution in [3.63, 3.8) is 0 Å². The van der Waals surface area contributed by atoms with Crippen LogP contribution < -0.4 is 16.3 Å². The minimum atomic E-state index is -0.160. The molecule has 0 radical (unpaired) electrons. The third-order valence-corrected chi connectivity index (χ3v) is 8.75. The summed E-state index contributed by atoms with van der Waals surface area (Å²) >= 11 is 9.39. The number of anilines is 1. The Bertz CT molecular complexity index is 1410. The second kappa shape index (κ2) is 9.73. The lowest BCUT2D eigenvalue weighted by atomic mass is 10.1. The number of nitrogens with two attached hydrogens (primary N) is 1. The number of aromatic nitrogens is 3. The molecule has 4 aromatic rings. The maximum atomic E-state index is 12.7. The molecule has 0 unspecified atom stereocenters. The first-order valence-electron chi connectivity index (χ1n) is 11.4. The van der Waals surface area contributed by atoms with E-state index in [4.69, 9.17) is 17.4 Å². The van der Waals surface area contributed by atoms with E-state index in [1.165, 1.54) is 4.68 Å². The summed E-state index contributed by atoms with van der Waals surface area (Å²) in [4.78, 5) is 28.7. The monoisotopic (exact) mass is 514 g/mol. The van der Waals surface area contributed by atoms with Crippen LogP contribution in [0.2, 0.25) is 5.15 Å². The van der Waals surface area contributed by atoms with Gasteiger partial charge in [0.05, 0.1) is 5.39 Å². The molecule has 0 atom stereocenters. The first kappa shape index (κ1) is 23.4. The Morgan fingerprint density at radius 3 is 2.71 bits per heavy atom. The zero-order valence-electron chi connectivity index (χ0n) is 19.3. The van der Waals surface area contributed by atoms with Crippen LogP contribution >= 0.6 is 34.7 Å². The second-order valence-electron chi connectivity index (χ2n) is 8.55. The molecule has 1 aromatic carbocycles. The Morgan fingerprint density at radius 1 is 1.15 bits per heavy atom. The molecule has 4 heterocycles. The average Bonchev–Trinajstić information content (AvgIpc) is 3.12. The number of halogens is 1. The van der Waals surface area contributed by atoms with E-state index in [1.54, 1.807) is 23.1 Å². The van der Waals surface area contributed by atoms with Crippen molar-refractivity contribution in [2.24, 2.45) is 0 Å². The number of rotatable bonds is 6. The minimum Gasteiger partial charge on any atom is -0.353 e. The van der Waals surface area contributed by atoms with Gasteiger partial charge in [0.2, 0.25) is 0 Å². The number of pyridine rings is 1. The summed E-state index contributed by atoms with van der Waals surface area (Å²) in [6, 6.07) is 10.2. The fraction of sp³-hybridized carbons (Fsp3) is 0.375. The fourth-order valence-electron chi connectivity index (χ4n) is 4.41. The van der Waals surface area contributed by atoms with E-state index in [0.29, 0.717) is 15.7 Å². The topological polar surface area (TPSA) is 80.3 Å². The maximum Gasteiger partial charge on any atom is 0.281 e. The zero-order chi connectivity index (χ0) is 23.8. The van der Waals surface area contributed by atoms with Gasteiger partial charge in [0.25, 0.3) is 5.56 Å². The molecule has 5 rings (SSSR count). The number of hydrogen-bond donors (Lipinski definition) is 1. The fourth-order valence-corrected chi connectivity index (χ4v) is 6.52. The van der Waals surface area contributed by atoms with Crippen molar-refractivity contribution in [3.8, 4) is 0 Å². The molecule has 1 fully saturated rings. The van der Waals surface area contributed by atoms with Gasteiger partial charge in [-0.1, -0.05) is 47.6 Å². The number of nitrogen functional groups attached to an aromatic ring is 1. The number of benzene rings is 1. The number of aryl methyl sites for hydroxylation is 2. The van der Waals surface area contributed by atoms with Gasteiger partial charge < -0.3 is 10.7 Å². The van der Waals surface area contributed by atoms with Crippen LogP contribution in [0, 0.1) is 13.8 Å². The van der Waals surface area contributed by atoms with Crippen molar-refractivity contribution in [1.29, 1.82) is 0 Å². The highest BCUT2D eigenvalue weighted by Gasteiger charge is 2.20. The van der Waals surface area contributed by atoms with Gasteiger partial charge in [0.15, 0.2) is 5.16 Å². The molecule has 0 bridgehead atoms. The lowest BCUT2D eigenvalue weighted by molar-refractivity contribution is 0.259. The van der Waals surface area contributed by atoms with E-state index in [-0.39, 0.29) is 5.56 Å². The largest absolute Gasteiger partial charge is 0.353 e. The first-order chi connectivity index (χ1) is 16.4. The number of fused-ring (bicyclic) bond motifs is 2. The Hall–Kier alpha value is -2.33. The average molecular weight is 515 g/mol. The SMILES string of the molecule is Cc1sc2nc(SCCCN3CCN(c4nc(Cl)cc5ccccc45)CC3)n(N)c(=O)c2c1C.